The minimum atomic E-state index is -3.21. The van der Waals surface area contributed by atoms with Gasteiger partial charge in [-0.3, -0.25) is 0 Å². The molecule has 0 amide bonds. The molecule has 108 valence electrons. The number of rotatable bonds is 9. The van der Waals surface area contributed by atoms with E-state index in [0.29, 0.717) is 31.0 Å². The Bertz CT molecular complexity index is 478. The molecule has 0 radical (unpaired) electrons. The first kappa shape index (κ1) is 16.3. The fraction of sp³-hybridized carbons (Fsp3) is 0.500. The quantitative estimate of drug-likeness (QED) is 0.408. The third kappa shape index (κ3) is 6.81. The second-order valence-electron chi connectivity index (χ2n) is 3.95. The molecule has 7 heteroatoms. The molecule has 5 nitrogen and oxygen atoms in total. The van der Waals surface area contributed by atoms with Gasteiger partial charge in [-0.2, -0.15) is 0 Å². The van der Waals surface area contributed by atoms with Gasteiger partial charge in [0, 0.05) is 36.6 Å². The standard InChI is InChI=1S/C12H20N2O3S2/c1-17-8-4-7-14-19(15,16)10-9-18-12-6-3-2-5-11(12)13/h2-3,5-6,14H,4,7-10,13H2,1H3. The fourth-order valence-corrected chi connectivity index (χ4v) is 3.83. The number of nitrogens with two attached hydrogens (primary N) is 1. The van der Waals surface area contributed by atoms with Crippen LogP contribution in [-0.2, 0) is 14.8 Å². The average molecular weight is 304 g/mol. The van der Waals surface area contributed by atoms with Crippen molar-refractivity contribution in [3.8, 4) is 0 Å². The Labute approximate surface area is 119 Å². The van der Waals surface area contributed by atoms with Gasteiger partial charge in [-0.25, -0.2) is 13.1 Å². The first-order chi connectivity index (χ1) is 9.05. The van der Waals surface area contributed by atoms with Gasteiger partial charge in [-0.05, 0) is 18.6 Å². The SMILES string of the molecule is COCCCNS(=O)(=O)CCSc1ccccc1N. The Morgan fingerprint density at radius 1 is 1.37 bits per heavy atom. The van der Waals surface area contributed by atoms with Crippen LogP contribution in [0.2, 0.25) is 0 Å². The van der Waals surface area contributed by atoms with Crippen LogP contribution in [0.15, 0.2) is 29.2 Å². The molecule has 3 N–H and O–H groups in total. The summed E-state index contributed by atoms with van der Waals surface area (Å²) in [5.41, 5.74) is 6.46. The van der Waals surface area contributed by atoms with E-state index in [2.05, 4.69) is 4.72 Å². The molecule has 1 aromatic rings. The summed E-state index contributed by atoms with van der Waals surface area (Å²) < 4.78 is 30.7. The Kier molecular flexibility index (Phi) is 7.22. The van der Waals surface area contributed by atoms with Gasteiger partial charge >= 0.3 is 0 Å². The molecule has 1 aromatic carbocycles. The van der Waals surface area contributed by atoms with Crippen LogP contribution < -0.4 is 10.5 Å². The van der Waals surface area contributed by atoms with Crippen molar-refractivity contribution >= 4 is 27.5 Å². The van der Waals surface area contributed by atoms with Crippen LogP contribution in [0.5, 0.6) is 0 Å². The van der Waals surface area contributed by atoms with E-state index in [4.69, 9.17) is 10.5 Å². The van der Waals surface area contributed by atoms with Crippen molar-refractivity contribution in [2.24, 2.45) is 0 Å². The molecule has 0 saturated heterocycles. The largest absolute Gasteiger partial charge is 0.398 e. The van der Waals surface area contributed by atoms with Crippen LogP contribution in [-0.4, -0.2) is 40.2 Å². The summed E-state index contributed by atoms with van der Waals surface area (Å²) in [5.74, 6) is 0.562. The van der Waals surface area contributed by atoms with Crippen LogP contribution in [0.4, 0.5) is 5.69 Å². The molecule has 0 spiro atoms. The van der Waals surface area contributed by atoms with E-state index in [1.165, 1.54) is 11.8 Å². The van der Waals surface area contributed by atoms with Gasteiger partial charge < -0.3 is 10.5 Å². The lowest BCUT2D eigenvalue weighted by molar-refractivity contribution is 0.196. The van der Waals surface area contributed by atoms with Crippen molar-refractivity contribution in [3.63, 3.8) is 0 Å². The van der Waals surface area contributed by atoms with Gasteiger partial charge in [0.05, 0.1) is 5.75 Å². The van der Waals surface area contributed by atoms with Crippen LogP contribution in [0.1, 0.15) is 6.42 Å². The molecular weight excluding hydrogens is 284 g/mol. The Morgan fingerprint density at radius 2 is 2.11 bits per heavy atom. The lowest BCUT2D eigenvalue weighted by atomic mass is 10.3. The Morgan fingerprint density at radius 3 is 2.79 bits per heavy atom. The number of sulfonamides is 1. The third-order valence-electron chi connectivity index (χ3n) is 2.38. The minimum absolute atomic E-state index is 0.0823. The number of methoxy groups -OCH3 is 1. The topological polar surface area (TPSA) is 81.4 Å². The van der Waals surface area contributed by atoms with Gasteiger partial charge in [0.25, 0.3) is 0 Å². The highest BCUT2D eigenvalue weighted by atomic mass is 32.2. The number of hydrogen-bond donors (Lipinski definition) is 2. The van der Waals surface area contributed by atoms with Crippen LogP contribution in [0.3, 0.4) is 0 Å². The van der Waals surface area contributed by atoms with Gasteiger partial charge in [0.1, 0.15) is 0 Å². The maximum atomic E-state index is 11.7. The molecule has 0 aliphatic rings. The molecule has 1 rings (SSSR count). The summed E-state index contributed by atoms with van der Waals surface area (Å²) in [5, 5.41) is 0. The molecular formula is C12H20N2O3S2. The summed E-state index contributed by atoms with van der Waals surface area (Å²) in [4.78, 5) is 0.914. The van der Waals surface area contributed by atoms with Crippen LogP contribution in [0, 0.1) is 0 Å². The first-order valence-corrected chi connectivity index (χ1v) is 8.62. The van der Waals surface area contributed by atoms with E-state index < -0.39 is 10.0 Å². The maximum absolute atomic E-state index is 11.7. The van der Waals surface area contributed by atoms with Gasteiger partial charge in [0.15, 0.2) is 0 Å². The minimum Gasteiger partial charge on any atom is -0.398 e. The van der Waals surface area contributed by atoms with E-state index in [0.717, 1.165) is 4.90 Å². The molecule has 0 atom stereocenters. The normalized spacial score (nSPS) is 11.6. The summed E-state index contributed by atoms with van der Waals surface area (Å²) in [6.45, 7) is 0.964. The van der Waals surface area contributed by atoms with Gasteiger partial charge in [-0.15, -0.1) is 11.8 Å². The number of nitrogen functional groups attached to an aromatic ring is 1. The van der Waals surface area contributed by atoms with Crippen molar-refractivity contribution in [1.82, 2.24) is 4.72 Å². The van der Waals surface area contributed by atoms with Gasteiger partial charge in [0.2, 0.25) is 10.0 Å². The highest BCUT2D eigenvalue weighted by molar-refractivity contribution is 8.00. The van der Waals surface area contributed by atoms with Crippen LogP contribution >= 0.6 is 11.8 Å². The number of hydrogen-bond acceptors (Lipinski definition) is 5. The Hall–Kier alpha value is -0.760. The zero-order valence-electron chi connectivity index (χ0n) is 11.0. The summed E-state index contributed by atoms with van der Waals surface area (Å²) in [6.07, 6.45) is 0.675. The smallest absolute Gasteiger partial charge is 0.212 e. The number of thioether (sulfide) groups is 1. The number of benzene rings is 1. The molecule has 0 aromatic heterocycles. The predicted molar refractivity (Wildman–Crippen MR) is 79.9 cm³/mol. The molecule has 0 aliphatic heterocycles. The zero-order valence-corrected chi connectivity index (χ0v) is 12.6. The van der Waals surface area contributed by atoms with E-state index in [1.54, 1.807) is 13.2 Å². The number of ether oxygens (including phenoxy) is 1. The van der Waals surface area contributed by atoms with E-state index in [-0.39, 0.29) is 5.75 Å². The Balaban J connectivity index is 2.30. The zero-order chi connectivity index (χ0) is 14.1. The third-order valence-corrected chi connectivity index (χ3v) is 5.11. The van der Waals surface area contributed by atoms with Crippen molar-refractivity contribution in [2.75, 3.05) is 37.5 Å². The van der Waals surface area contributed by atoms with Crippen molar-refractivity contribution in [3.05, 3.63) is 24.3 Å². The molecule has 0 fully saturated rings. The van der Waals surface area contributed by atoms with E-state index in [9.17, 15) is 8.42 Å². The van der Waals surface area contributed by atoms with Crippen molar-refractivity contribution < 1.29 is 13.2 Å². The first-order valence-electron chi connectivity index (χ1n) is 5.99. The molecule has 0 aliphatic carbocycles. The maximum Gasteiger partial charge on any atom is 0.212 e. The molecule has 0 bridgehead atoms. The van der Waals surface area contributed by atoms with Crippen molar-refractivity contribution in [2.45, 2.75) is 11.3 Å². The summed E-state index contributed by atoms with van der Waals surface area (Å²) in [7, 11) is -1.62. The lowest BCUT2D eigenvalue weighted by Gasteiger charge is -2.07. The fourth-order valence-electron chi connectivity index (χ4n) is 1.39. The number of nitrogens with one attached hydrogen (secondary N) is 1. The molecule has 0 saturated carbocycles. The summed E-state index contributed by atoms with van der Waals surface area (Å²) >= 11 is 1.45. The molecule has 19 heavy (non-hydrogen) atoms. The summed E-state index contributed by atoms with van der Waals surface area (Å²) in [6, 6.07) is 7.43. The highest BCUT2D eigenvalue weighted by Gasteiger charge is 2.09. The molecule has 0 heterocycles. The molecule has 0 unspecified atom stereocenters. The van der Waals surface area contributed by atoms with E-state index >= 15 is 0 Å². The van der Waals surface area contributed by atoms with E-state index in [1.807, 2.05) is 18.2 Å². The second kappa shape index (κ2) is 8.42. The average Bonchev–Trinajstić information content (AvgIpc) is 2.37. The number of para-hydroxylation sites is 1. The predicted octanol–water partition coefficient (Wildman–Crippen LogP) is 1.32. The van der Waals surface area contributed by atoms with Gasteiger partial charge in [-0.1, -0.05) is 12.1 Å². The second-order valence-corrected chi connectivity index (χ2v) is 7.01. The van der Waals surface area contributed by atoms with Crippen molar-refractivity contribution in [1.29, 1.82) is 0 Å². The highest BCUT2D eigenvalue weighted by Crippen LogP contribution is 2.24. The monoisotopic (exact) mass is 304 g/mol. The number of anilines is 1. The lowest BCUT2D eigenvalue weighted by Crippen LogP contribution is -2.28. The van der Waals surface area contributed by atoms with Crippen LogP contribution in [0.25, 0.3) is 0 Å².